The molecule has 0 saturated heterocycles. The second-order valence-electron chi connectivity index (χ2n) is 3.51. The molecule has 1 aromatic carbocycles. The molecule has 6 heteroatoms. The summed E-state index contributed by atoms with van der Waals surface area (Å²) in [6, 6.07) is 4.80. The van der Waals surface area contributed by atoms with E-state index in [1.807, 2.05) is 6.92 Å². The lowest BCUT2D eigenvalue weighted by Gasteiger charge is -2.13. The van der Waals surface area contributed by atoms with E-state index in [4.69, 9.17) is 41.2 Å². The molecule has 0 aliphatic rings. The number of carbonyl (C=O) groups excluding carboxylic acids is 1. The van der Waals surface area contributed by atoms with Crippen molar-refractivity contribution in [3.8, 4) is 0 Å². The third-order valence-corrected chi connectivity index (χ3v) is 2.92. The standard InChI is InChI=1S/C11H12Cl2N2OS/c1-2-9(10(14)17)11(16)15-8-4-6(12)3-7(13)5-8/h3-5,9H,2H2,1H3,(H2,14,17)(H,15,16). The molecule has 1 atom stereocenters. The predicted molar refractivity (Wildman–Crippen MR) is 75.7 cm³/mol. The first-order valence-electron chi connectivity index (χ1n) is 5.00. The zero-order valence-corrected chi connectivity index (χ0v) is 11.5. The number of nitrogens with one attached hydrogen (secondary N) is 1. The number of amides is 1. The van der Waals surface area contributed by atoms with Crippen LogP contribution in [0.1, 0.15) is 13.3 Å². The van der Waals surface area contributed by atoms with Gasteiger partial charge in [0.05, 0.1) is 10.9 Å². The largest absolute Gasteiger partial charge is 0.393 e. The van der Waals surface area contributed by atoms with Crippen LogP contribution in [-0.2, 0) is 4.79 Å². The van der Waals surface area contributed by atoms with E-state index in [0.29, 0.717) is 22.2 Å². The topological polar surface area (TPSA) is 55.1 Å². The molecule has 0 aromatic heterocycles. The molecule has 0 spiro atoms. The molecule has 1 amide bonds. The van der Waals surface area contributed by atoms with Crippen LogP contribution in [0.25, 0.3) is 0 Å². The average Bonchev–Trinajstić information content (AvgIpc) is 2.15. The number of hydrogen-bond acceptors (Lipinski definition) is 2. The fourth-order valence-electron chi connectivity index (χ4n) is 1.37. The molecular weight excluding hydrogens is 279 g/mol. The van der Waals surface area contributed by atoms with Crippen molar-refractivity contribution in [3.05, 3.63) is 28.2 Å². The SMILES string of the molecule is CCC(C(=O)Nc1cc(Cl)cc(Cl)c1)C(N)=S. The molecule has 3 nitrogen and oxygen atoms in total. The van der Waals surface area contributed by atoms with Gasteiger partial charge in [0.1, 0.15) is 0 Å². The molecule has 0 radical (unpaired) electrons. The van der Waals surface area contributed by atoms with Crippen LogP contribution in [0.5, 0.6) is 0 Å². The van der Waals surface area contributed by atoms with Crippen LogP contribution in [0.15, 0.2) is 18.2 Å². The summed E-state index contributed by atoms with van der Waals surface area (Å²) in [5.74, 6) is -0.735. The summed E-state index contributed by atoms with van der Waals surface area (Å²) < 4.78 is 0. The van der Waals surface area contributed by atoms with Gasteiger partial charge in [-0.1, -0.05) is 42.3 Å². The van der Waals surface area contributed by atoms with Crippen molar-refractivity contribution in [1.82, 2.24) is 0 Å². The minimum absolute atomic E-state index is 0.179. The van der Waals surface area contributed by atoms with Gasteiger partial charge in [0.2, 0.25) is 5.91 Å². The van der Waals surface area contributed by atoms with E-state index in [9.17, 15) is 4.79 Å². The van der Waals surface area contributed by atoms with Gasteiger partial charge in [-0.3, -0.25) is 4.79 Å². The molecule has 0 saturated carbocycles. The third-order valence-electron chi connectivity index (χ3n) is 2.20. The van der Waals surface area contributed by atoms with Gasteiger partial charge in [0.15, 0.2) is 0 Å². The number of nitrogens with two attached hydrogens (primary N) is 1. The van der Waals surface area contributed by atoms with E-state index >= 15 is 0 Å². The Morgan fingerprint density at radius 3 is 2.35 bits per heavy atom. The fourth-order valence-corrected chi connectivity index (χ4v) is 2.17. The molecule has 0 heterocycles. The fraction of sp³-hybridized carbons (Fsp3) is 0.273. The van der Waals surface area contributed by atoms with E-state index in [2.05, 4.69) is 5.32 Å². The van der Waals surface area contributed by atoms with Gasteiger partial charge in [-0.25, -0.2) is 0 Å². The van der Waals surface area contributed by atoms with E-state index in [0.717, 1.165) is 0 Å². The molecule has 1 unspecified atom stereocenters. The van der Waals surface area contributed by atoms with Gasteiger partial charge in [0, 0.05) is 15.7 Å². The average molecular weight is 291 g/mol. The molecule has 17 heavy (non-hydrogen) atoms. The van der Waals surface area contributed by atoms with E-state index in [-0.39, 0.29) is 10.9 Å². The maximum atomic E-state index is 11.8. The minimum Gasteiger partial charge on any atom is -0.393 e. The quantitative estimate of drug-likeness (QED) is 0.837. The monoisotopic (exact) mass is 290 g/mol. The molecule has 1 rings (SSSR count). The Hall–Kier alpha value is -0.840. The normalized spacial score (nSPS) is 11.9. The number of benzene rings is 1. The molecule has 92 valence electrons. The van der Waals surface area contributed by atoms with Crippen LogP contribution < -0.4 is 11.1 Å². The van der Waals surface area contributed by atoms with E-state index < -0.39 is 5.92 Å². The first-order chi connectivity index (χ1) is 7.93. The summed E-state index contributed by atoms with van der Waals surface area (Å²) in [7, 11) is 0. The number of anilines is 1. The Morgan fingerprint density at radius 2 is 1.94 bits per heavy atom. The van der Waals surface area contributed by atoms with Crippen molar-refractivity contribution in [2.75, 3.05) is 5.32 Å². The lowest BCUT2D eigenvalue weighted by Crippen LogP contribution is -2.32. The minimum atomic E-state index is -0.484. The zero-order valence-electron chi connectivity index (χ0n) is 9.17. The Labute approximate surface area is 115 Å². The van der Waals surface area contributed by atoms with Crippen molar-refractivity contribution >= 4 is 52.0 Å². The first-order valence-corrected chi connectivity index (χ1v) is 6.16. The van der Waals surface area contributed by atoms with Gasteiger partial charge < -0.3 is 11.1 Å². The summed E-state index contributed by atoms with van der Waals surface area (Å²) in [5, 5.41) is 3.59. The highest BCUT2D eigenvalue weighted by Gasteiger charge is 2.19. The van der Waals surface area contributed by atoms with Gasteiger partial charge in [-0.2, -0.15) is 0 Å². The van der Waals surface area contributed by atoms with Crippen LogP contribution in [0, 0.1) is 5.92 Å². The van der Waals surface area contributed by atoms with Gasteiger partial charge in [-0.05, 0) is 24.6 Å². The zero-order chi connectivity index (χ0) is 13.0. The predicted octanol–water partition coefficient (Wildman–Crippen LogP) is 3.24. The van der Waals surface area contributed by atoms with Gasteiger partial charge >= 0.3 is 0 Å². The molecular formula is C11H12Cl2N2OS. The summed E-state index contributed by atoms with van der Waals surface area (Å²) in [6.07, 6.45) is 0.551. The highest BCUT2D eigenvalue weighted by atomic mass is 35.5. The maximum Gasteiger partial charge on any atom is 0.234 e. The molecule has 0 aliphatic heterocycles. The van der Waals surface area contributed by atoms with E-state index in [1.54, 1.807) is 18.2 Å². The van der Waals surface area contributed by atoms with E-state index in [1.165, 1.54) is 0 Å². The summed E-state index contributed by atoms with van der Waals surface area (Å²) in [6.45, 7) is 1.84. The number of carbonyl (C=O) groups is 1. The third kappa shape index (κ3) is 4.15. The summed E-state index contributed by atoms with van der Waals surface area (Å²) in [4.78, 5) is 12.0. The van der Waals surface area contributed by atoms with Crippen molar-refractivity contribution in [1.29, 1.82) is 0 Å². The lowest BCUT2D eigenvalue weighted by atomic mass is 10.1. The van der Waals surface area contributed by atoms with Gasteiger partial charge in [-0.15, -0.1) is 0 Å². The first kappa shape index (κ1) is 14.2. The summed E-state index contributed by atoms with van der Waals surface area (Å²) >= 11 is 16.5. The van der Waals surface area contributed by atoms with Crippen molar-refractivity contribution in [3.63, 3.8) is 0 Å². The van der Waals surface area contributed by atoms with Crippen molar-refractivity contribution in [2.24, 2.45) is 11.7 Å². The number of rotatable bonds is 4. The Kier molecular flexibility index (Phi) is 5.18. The molecule has 0 aliphatic carbocycles. The molecule has 3 N–H and O–H groups in total. The van der Waals surface area contributed by atoms with Crippen LogP contribution in [0.4, 0.5) is 5.69 Å². The second kappa shape index (κ2) is 6.19. The molecule has 0 fully saturated rings. The lowest BCUT2D eigenvalue weighted by molar-refractivity contribution is -0.118. The Morgan fingerprint density at radius 1 is 1.41 bits per heavy atom. The Balaban J connectivity index is 2.83. The maximum absolute atomic E-state index is 11.8. The van der Waals surface area contributed by atoms with Crippen LogP contribution >= 0.6 is 35.4 Å². The van der Waals surface area contributed by atoms with Crippen molar-refractivity contribution < 1.29 is 4.79 Å². The summed E-state index contributed by atoms with van der Waals surface area (Å²) in [5.41, 5.74) is 6.01. The number of thiocarbonyl (C=S) groups is 1. The second-order valence-corrected chi connectivity index (χ2v) is 4.85. The number of hydrogen-bond donors (Lipinski definition) is 2. The number of halogens is 2. The van der Waals surface area contributed by atoms with Crippen LogP contribution in [0.3, 0.4) is 0 Å². The Bertz CT molecular complexity index is 431. The highest BCUT2D eigenvalue weighted by molar-refractivity contribution is 7.80. The van der Waals surface area contributed by atoms with Gasteiger partial charge in [0.25, 0.3) is 0 Å². The highest BCUT2D eigenvalue weighted by Crippen LogP contribution is 2.23. The smallest absolute Gasteiger partial charge is 0.234 e. The van der Waals surface area contributed by atoms with Crippen LogP contribution in [0.2, 0.25) is 10.0 Å². The van der Waals surface area contributed by atoms with Crippen molar-refractivity contribution in [2.45, 2.75) is 13.3 Å². The molecule has 0 bridgehead atoms. The van der Waals surface area contributed by atoms with Crippen LogP contribution in [-0.4, -0.2) is 10.9 Å². The molecule has 1 aromatic rings.